The van der Waals surface area contributed by atoms with E-state index < -0.39 is 5.54 Å². The van der Waals surface area contributed by atoms with E-state index in [0.29, 0.717) is 27.1 Å². The van der Waals surface area contributed by atoms with E-state index in [9.17, 15) is 9.59 Å². The average molecular weight is 433 g/mol. The summed E-state index contributed by atoms with van der Waals surface area (Å²) in [5.74, 6) is -0.00810. The summed E-state index contributed by atoms with van der Waals surface area (Å²) in [6.07, 6.45) is 0. The second-order valence-corrected chi connectivity index (χ2v) is 8.23. The zero-order valence-electron chi connectivity index (χ0n) is 16.7. The minimum absolute atomic E-state index is 0.0100. The lowest BCUT2D eigenvalue weighted by atomic mass is 9.96. The molecule has 3 rings (SSSR count). The van der Waals surface area contributed by atoms with Crippen molar-refractivity contribution < 1.29 is 14.3 Å². The van der Waals surface area contributed by atoms with Gasteiger partial charge in [0.1, 0.15) is 11.3 Å². The van der Waals surface area contributed by atoms with Gasteiger partial charge in [0.25, 0.3) is 11.8 Å². The molecule has 2 amide bonds. The van der Waals surface area contributed by atoms with Crippen molar-refractivity contribution in [2.75, 3.05) is 18.7 Å². The van der Waals surface area contributed by atoms with Gasteiger partial charge in [-0.3, -0.25) is 14.5 Å². The number of nitrogens with zero attached hydrogens (tertiary/aromatic N) is 2. The quantitative estimate of drug-likeness (QED) is 0.683. The van der Waals surface area contributed by atoms with E-state index in [2.05, 4.69) is 0 Å². The SMILES string of the molecule is CC1=C(c2ccccc2)C(=O)N(C(C)(C)C(=O)N(C)c2cc(Cl)cc(Cl)c2)CO1. The molecule has 5 nitrogen and oxygen atoms in total. The van der Waals surface area contributed by atoms with Gasteiger partial charge in [0.15, 0.2) is 6.73 Å². The van der Waals surface area contributed by atoms with Gasteiger partial charge in [0.2, 0.25) is 0 Å². The van der Waals surface area contributed by atoms with E-state index >= 15 is 0 Å². The molecule has 0 saturated carbocycles. The highest BCUT2D eigenvalue weighted by molar-refractivity contribution is 6.35. The number of carbonyl (C=O) groups excluding carboxylic acids is 2. The Morgan fingerprint density at radius 1 is 1.10 bits per heavy atom. The number of benzene rings is 2. The molecule has 1 aliphatic rings. The fourth-order valence-corrected chi connectivity index (χ4v) is 3.82. The molecule has 0 saturated heterocycles. The Bertz CT molecular complexity index is 967. The number of rotatable bonds is 4. The molecule has 0 bridgehead atoms. The van der Waals surface area contributed by atoms with Crippen LogP contribution >= 0.6 is 23.2 Å². The Kier molecular flexibility index (Phi) is 5.92. The molecule has 0 aromatic heterocycles. The van der Waals surface area contributed by atoms with Gasteiger partial charge in [0.05, 0.1) is 5.57 Å². The molecule has 0 aliphatic carbocycles. The van der Waals surface area contributed by atoms with Gasteiger partial charge in [-0.1, -0.05) is 53.5 Å². The van der Waals surface area contributed by atoms with Gasteiger partial charge in [-0.25, -0.2) is 0 Å². The lowest BCUT2D eigenvalue weighted by Gasteiger charge is -2.41. The van der Waals surface area contributed by atoms with Crippen LogP contribution in [0.1, 0.15) is 26.3 Å². The van der Waals surface area contributed by atoms with Crippen LogP contribution in [0.4, 0.5) is 5.69 Å². The van der Waals surface area contributed by atoms with E-state index in [4.69, 9.17) is 27.9 Å². The minimum Gasteiger partial charge on any atom is -0.477 e. The monoisotopic (exact) mass is 432 g/mol. The predicted octanol–water partition coefficient (Wildman–Crippen LogP) is 4.98. The molecule has 0 radical (unpaired) electrons. The van der Waals surface area contributed by atoms with Crippen LogP contribution in [0, 0.1) is 0 Å². The highest BCUT2D eigenvalue weighted by Gasteiger charge is 2.43. The number of allylic oxidation sites excluding steroid dienone is 1. The van der Waals surface area contributed by atoms with Crippen LogP contribution in [0.25, 0.3) is 5.57 Å². The minimum atomic E-state index is -1.17. The lowest BCUT2D eigenvalue weighted by Crippen LogP contribution is -2.59. The number of anilines is 1. The summed E-state index contributed by atoms with van der Waals surface area (Å²) in [5, 5.41) is 0.847. The molecule has 7 heteroatoms. The smallest absolute Gasteiger partial charge is 0.261 e. The van der Waals surface area contributed by atoms with Crippen LogP contribution in [-0.4, -0.2) is 36.0 Å². The first-order valence-electron chi connectivity index (χ1n) is 9.08. The van der Waals surface area contributed by atoms with Gasteiger partial charge in [-0.2, -0.15) is 0 Å². The normalized spacial score (nSPS) is 14.7. The molecule has 0 fully saturated rings. The number of halogens is 2. The Hall–Kier alpha value is -2.50. The summed E-state index contributed by atoms with van der Waals surface area (Å²) < 4.78 is 5.76. The number of likely N-dealkylation sites (N-methyl/N-ethyl adjacent to an activating group) is 1. The van der Waals surface area contributed by atoms with Gasteiger partial charge in [-0.15, -0.1) is 0 Å². The Labute approximate surface area is 180 Å². The predicted molar refractivity (Wildman–Crippen MR) is 116 cm³/mol. The maximum absolute atomic E-state index is 13.3. The van der Waals surface area contributed by atoms with Crippen molar-refractivity contribution in [3.8, 4) is 0 Å². The van der Waals surface area contributed by atoms with E-state index in [1.165, 1.54) is 9.80 Å². The first-order valence-corrected chi connectivity index (χ1v) is 9.84. The van der Waals surface area contributed by atoms with Crippen LogP contribution in [0.3, 0.4) is 0 Å². The van der Waals surface area contributed by atoms with Crippen LogP contribution in [0.2, 0.25) is 10.0 Å². The number of hydrogen-bond acceptors (Lipinski definition) is 3. The third-order valence-corrected chi connectivity index (χ3v) is 5.46. The van der Waals surface area contributed by atoms with Crippen LogP contribution in [-0.2, 0) is 14.3 Å². The summed E-state index contributed by atoms with van der Waals surface area (Å²) in [6, 6.07) is 14.2. The third kappa shape index (κ3) is 4.11. The molecular weight excluding hydrogens is 411 g/mol. The van der Waals surface area contributed by atoms with Gasteiger partial charge >= 0.3 is 0 Å². The number of carbonyl (C=O) groups is 2. The summed E-state index contributed by atoms with van der Waals surface area (Å²) in [7, 11) is 1.63. The molecular formula is C22H22Cl2N2O3. The van der Waals surface area contributed by atoms with Gasteiger partial charge in [-0.05, 0) is 44.5 Å². The van der Waals surface area contributed by atoms with E-state index in [0.717, 1.165) is 5.56 Å². The lowest BCUT2D eigenvalue weighted by molar-refractivity contribution is -0.148. The summed E-state index contributed by atoms with van der Waals surface area (Å²) in [6.45, 7) is 5.14. The van der Waals surface area contributed by atoms with Crippen molar-refractivity contribution in [1.29, 1.82) is 0 Å². The maximum atomic E-state index is 13.3. The van der Waals surface area contributed by atoms with Gasteiger partial charge < -0.3 is 9.64 Å². The second kappa shape index (κ2) is 8.09. The molecule has 0 N–H and O–H groups in total. The Balaban J connectivity index is 1.92. The summed E-state index contributed by atoms with van der Waals surface area (Å²) >= 11 is 12.1. The fourth-order valence-electron chi connectivity index (χ4n) is 3.30. The topological polar surface area (TPSA) is 49.9 Å². The van der Waals surface area contributed by atoms with Crippen molar-refractivity contribution >= 4 is 46.3 Å². The highest BCUT2D eigenvalue weighted by Crippen LogP contribution is 2.32. The largest absolute Gasteiger partial charge is 0.477 e. The molecule has 0 unspecified atom stereocenters. The van der Waals surface area contributed by atoms with Crippen molar-refractivity contribution in [3.63, 3.8) is 0 Å². The Morgan fingerprint density at radius 2 is 1.69 bits per heavy atom. The second-order valence-electron chi connectivity index (χ2n) is 7.35. The number of ether oxygens (including phenoxy) is 1. The molecule has 1 aliphatic heterocycles. The zero-order valence-corrected chi connectivity index (χ0v) is 18.2. The molecule has 1 heterocycles. The van der Waals surface area contributed by atoms with Crippen LogP contribution < -0.4 is 4.90 Å². The molecule has 2 aromatic carbocycles. The van der Waals surface area contributed by atoms with Crippen molar-refractivity contribution in [2.45, 2.75) is 26.3 Å². The third-order valence-electron chi connectivity index (χ3n) is 5.02. The van der Waals surface area contributed by atoms with E-state index in [1.807, 2.05) is 30.3 Å². The first-order chi connectivity index (χ1) is 13.6. The van der Waals surface area contributed by atoms with Crippen molar-refractivity contribution in [2.24, 2.45) is 0 Å². The van der Waals surface area contributed by atoms with Crippen LogP contribution in [0.15, 0.2) is 54.3 Å². The fraction of sp³-hybridized carbons (Fsp3) is 0.273. The Morgan fingerprint density at radius 3 is 2.28 bits per heavy atom. The molecule has 2 aromatic rings. The average Bonchev–Trinajstić information content (AvgIpc) is 2.66. The van der Waals surface area contributed by atoms with Gasteiger partial charge in [0, 0.05) is 22.8 Å². The molecule has 0 atom stereocenters. The van der Waals surface area contributed by atoms with Crippen molar-refractivity contribution in [3.05, 3.63) is 69.9 Å². The van der Waals surface area contributed by atoms with Crippen molar-refractivity contribution in [1.82, 2.24) is 4.90 Å². The molecule has 29 heavy (non-hydrogen) atoms. The summed E-state index contributed by atoms with van der Waals surface area (Å²) in [5.41, 5.74) is 0.575. The number of amides is 2. The van der Waals surface area contributed by atoms with E-state index in [1.54, 1.807) is 46.0 Å². The number of hydrogen-bond donors (Lipinski definition) is 0. The maximum Gasteiger partial charge on any atom is 0.261 e. The highest BCUT2D eigenvalue weighted by atomic mass is 35.5. The van der Waals surface area contributed by atoms with Crippen LogP contribution in [0.5, 0.6) is 0 Å². The molecule has 0 spiro atoms. The summed E-state index contributed by atoms with van der Waals surface area (Å²) in [4.78, 5) is 29.5. The van der Waals surface area contributed by atoms with E-state index in [-0.39, 0.29) is 18.5 Å². The molecule has 152 valence electrons. The standard InChI is InChI=1S/C22H22Cl2N2O3/c1-14-19(15-8-6-5-7-9-15)20(27)26(13-29-14)22(2,3)21(28)25(4)18-11-16(23)10-17(24)12-18/h5-12H,13H2,1-4H3. The zero-order chi connectivity index (χ0) is 21.3. The first kappa shape index (κ1) is 21.2.